The molecule has 0 aromatic rings. The van der Waals surface area contributed by atoms with E-state index in [0.29, 0.717) is 6.42 Å². The monoisotopic (exact) mass is 346 g/mol. The maximum atomic E-state index is 12.2. The van der Waals surface area contributed by atoms with Crippen LogP contribution in [-0.2, 0) is 9.47 Å². The van der Waals surface area contributed by atoms with Gasteiger partial charge in [-0.1, -0.05) is 30.4 Å². The Morgan fingerprint density at radius 1 is 0.783 bits per heavy atom. The van der Waals surface area contributed by atoms with Crippen LogP contribution in [0.15, 0.2) is 36.5 Å². The fourth-order valence-electron chi connectivity index (χ4n) is 1.35. The molecule has 0 aromatic heterocycles. The van der Waals surface area contributed by atoms with Gasteiger partial charge in [0, 0.05) is 0 Å². The van der Waals surface area contributed by atoms with E-state index >= 15 is 0 Å². The van der Waals surface area contributed by atoms with Gasteiger partial charge in [-0.25, -0.2) is 0 Å². The lowest BCUT2D eigenvalue weighted by atomic mass is 10.2. The Labute approximate surface area is 131 Å². The molecule has 0 bridgehead atoms. The predicted molar refractivity (Wildman–Crippen MR) is 74.7 cm³/mol. The van der Waals surface area contributed by atoms with Gasteiger partial charge in [0.15, 0.2) is 5.79 Å². The van der Waals surface area contributed by atoms with Gasteiger partial charge in [0.2, 0.25) is 0 Å². The fraction of sp³-hybridized carbons (Fsp3) is 0.600. The number of hydrogen-bond acceptors (Lipinski definition) is 2. The molecule has 0 aromatic carbocycles. The van der Waals surface area contributed by atoms with Crippen molar-refractivity contribution in [2.75, 3.05) is 13.2 Å². The third-order valence-electron chi connectivity index (χ3n) is 2.43. The summed E-state index contributed by atoms with van der Waals surface area (Å²) in [7, 11) is 0. The minimum Gasteiger partial charge on any atom is -0.337 e. The van der Waals surface area contributed by atoms with Crippen molar-refractivity contribution in [1.82, 2.24) is 0 Å². The highest BCUT2D eigenvalue weighted by molar-refractivity contribution is 5.07. The Morgan fingerprint density at radius 2 is 1.26 bits per heavy atom. The van der Waals surface area contributed by atoms with Crippen LogP contribution in [0.1, 0.15) is 26.7 Å². The van der Waals surface area contributed by atoms with Gasteiger partial charge in [0.1, 0.15) is 13.2 Å². The van der Waals surface area contributed by atoms with Gasteiger partial charge >= 0.3 is 12.4 Å². The molecule has 0 heterocycles. The predicted octanol–water partition coefficient (Wildman–Crippen LogP) is 5.33. The maximum absolute atomic E-state index is 12.2. The van der Waals surface area contributed by atoms with E-state index in [4.69, 9.17) is 0 Å². The second-order valence-corrected chi connectivity index (χ2v) is 4.76. The molecule has 0 rings (SSSR count). The molecule has 0 radical (unpaired) electrons. The molecule has 0 saturated heterocycles. The lowest BCUT2D eigenvalue weighted by Crippen LogP contribution is -2.37. The van der Waals surface area contributed by atoms with Crippen molar-refractivity contribution in [2.24, 2.45) is 0 Å². The number of ether oxygens (including phenoxy) is 2. The van der Waals surface area contributed by atoms with Crippen molar-refractivity contribution in [3.8, 4) is 0 Å². The summed E-state index contributed by atoms with van der Waals surface area (Å²) in [5.41, 5.74) is 0. The molecule has 0 atom stereocenters. The summed E-state index contributed by atoms with van der Waals surface area (Å²) in [6.45, 7) is -0.562. The summed E-state index contributed by atoms with van der Waals surface area (Å²) < 4.78 is 82.0. The zero-order valence-electron chi connectivity index (χ0n) is 12.9. The molecule has 0 N–H and O–H groups in total. The molecule has 0 unspecified atom stereocenters. The molecule has 0 aliphatic carbocycles. The number of alkyl halides is 6. The molecule has 8 heteroatoms. The number of rotatable bonds is 9. The van der Waals surface area contributed by atoms with Crippen LogP contribution >= 0.6 is 0 Å². The topological polar surface area (TPSA) is 18.5 Å². The first-order valence-electron chi connectivity index (χ1n) is 6.84. The van der Waals surface area contributed by atoms with Crippen LogP contribution in [-0.4, -0.2) is 31.4 Å². The molecule has 0 amide bonds. The highest BCUT2D eigenvalue weighted by atomic mass is 19.4. The van der Waals surface area contributed by atoms with Gasteiger partial charge in [0.05, 0.1) is 0 Å². The maximum Gasteiger partial charge on any atom is 0.411 e. The van der Waals surface area contributed by atoms with Gasteiger partial charge in [0.25, 0.3) is 0 Å². The largest absolute Gasteiger partial charge is 0.411 e. The molecule has 134 valence electrons. The molecular weight excluding hydrogens is 326 g/mol. The summed E-state index contributed by atoms with van der Waals surface area (Å²) in [6.07, 6.45) is 1.48. The van der Waals surface area contributed by atoms with Gasteiger partial charge in [-0.3, -0.25) is 0 Å². The van der Waals surface area contributed by atoms with Crippen molar-refractivity contribution in [3.63, 3.8) is 0 Å². The minimum absolute atomic E-state index is 0.693. The average molecular weight is 346 g/mol. The lowest BCUT2D eigenvalue weighted by molar-refractivity contribution is -0.284. The second-order valence-electron chi connectivity index (χ2n) is 4.76. The Balaban J connectivity index is 4.69. The molecular formula is C15H20F6O2. The summed E-state index contributed by atoms with van der Waals surface area (Å²) in [6, 6.07) is 0. The number of unbranched alkanes of at least 4 members (excludes halogenated alkanes) is 1. The molecule has 0 aliphatic rings. The average Bonchev–Trinajstić information content (AvgIpc) is 2.41. The summed E-state index contributed by atoms with van der Waals surface area (Å²) in [5, 5.41) is 0. The van der Waals surface area contributed by atoms with E-state index in [-0.39, 0.29) is 0 Å². The van der Waals surface area contributed by atoms with Crippen LogP contribution in [0, 0.1) is 0 Å². The van der Waals surface area contributed by atoms with Crippen LogP contribution in [0.25, 0.3) is 0 Å². The third kappa shape index (κ3) is 14.1. The van der Waals surface area contributed by atoms with Crippen LogP contribution < -0.4 is 0 Å². The molecule has 0 saturated carbocycles. The molecule has 0 fully saturated rings. The first-order valence-corrected chi connectivity index (χ1v) is 6.84. The third-order valence-corrected chi connectivity index (χ3v) is 2.43. The molecule has 2 nitrogen and oxygen atoms in total. The van der Waals surface area contributed by atoms with Crippen molar-refractivity contribution in [3.05, 3.63) is 36.5 Å². The van der Waals surface area contributed by atoms with Gasteiger partial charge in [-0.2, -0.15) is 26.3 Å². The van der Waals surface area contributed by atoms with E-state index in [9.17, 15) is 26.3 Å². The summed E-state index contributed by atoms with van der Waals surface area (Å²) in [4.78, 5) is 0. The Bertz CT molecular complexity index is 389. The Morgan fingerprint density at radius 3 is 1.70 bits per heavy atom. The normalized spacial score (nSPS) is 14.6. The zero-order chi connectivity index (χ0) is 18.0. The molecule has 23 heavy (non-hydrogen) atoms. The van der Waals surface area contributed by atoms with Gasteiger partial charge in [-0.05, 0) is 32.8 Å². The van der Waals surface area contributed by atoms with Crippen molar-refractivity contribution in [1.29, 1.82) is 0 Å². The highest BCUT2D eigenvalue weighted by Gasteiger charge is 2.37. The zero-order valence-corrected chi connectivity index (χ0v) is 12.9. The van der Waals surface area contributed by atoms with Gasteiger partial charge < -0.3 is 9.47 Å². The van der Waals surface area contributed by atoms with Crippen LogP contribution in [0.3, 0.4) is 0 Å². The van der Waals surface area contributed by atoms with E-state index in [1.165, 1.54) is 12.2 Å². The van der Waals surface area contributed by atoms with Crippen molar-refractivity contribution >= 4 is 0 Å². The van der Waals surface area contributed by atoms with Crippen molar-refractivity contribution in [2.45, 2.75) is 44.8 Å². The minimum atomic E-state index is -4.67. The summed E-state index contributed by atoms with van der Waals surface area (Å²) >= 11 is 0. The molecule has 0 aliphatic heterocycles. The van der Waals surface area contributed by atoms with E-state index in [0.717, 1.165) is 19.4 Å². The van der Waals surface area contributed by atoms with Crippen LogP contribution in [0.4, 0.5) is 26.3 Å². The Kier molecular flexibility index (Phi) is 9.23. The first kappa shape index (κ1) is 21.7. The van der Waals surface area contributed by atoms with Crippen LogP contribution in [0.2, 0.25) is 0 Å². The first-order chi connectivity index (χ1) is 10.5. The Hall–Kier alpha value is -1.28. The van der Waals surface area contributed by atoms with Gasteiger partial charge in [-0.15, -0.1) is 0 Å². The van der Waals surface area contributed by atoms with E-state index in [1.807, 2.05) is 19.1 Å². The second kappa shape index (κ2) is 9.77. The van der Waals surface area contributed by atoms with Crippen molar-refractivity contribution < 1.29 is 35.8 Å². The quantitative estimate of drug-likeness (QED) is 0.185. The van der Waals surface area contributed by atoms with Crippen LogP contribution in [0.5, 0.6) is 0 Å². The fourth-order valence-corrected chi connectivity index (χ4v) is 1.35. The standard InChI is InChI=1S/C15H20F6O2/c1-3-4-5-6-7-8-9-10-13(2,22-11-14(16,17)18)23-12-15(19,20)21/h3-4,7-10H,5-6,11-12H2,1-2H3/b4-3+,8-7+,10-9+. The molecule has 0 spiro atoms. The van der Waals surface area contributed by atoms with E-state index < -0.39 is 31.4 Å². The highest BCUT2D eigenvalue weighted by Crippen LogP contribution is 2.25. The smallest absolute Gasteiger partial charge is 0.337 e. The number of hydrogen-bond donors (Lipinski definition) is 0. The van der Waals surface area contributed by atoms with E-state index in [2.05, 4.69) is 9.47 Å². The lowest BCUT2D eigenvalue weighted by Gasteiger charge is -2.27. The number of allylic oxidation sites excluding steroid dienone is 5. The van der Waals surface area contributed by atoms with E-state index in [1.54, 1.807) is 6.08 Å². The SMILES string of the molecule is C/C=C/CC/C=C/C=C/C(C)(OCC(F)(F)F)OCC(F)(F)F. The number of halogens is 6. The summed E-state index contributed by atoms with van der Waals surface area (Å²) in [5.74, 6) is -2.13.